The molecule has 24 heavy (non-hydrogen) atoms. The second kappa shape index (κ2) is 6.98. The number of aryl methyl sites for hydroxylation is 2. The molecule has 2 aromatic rings. The average molecular weight is 327 g/mol. The Labute approximate surface area is 143 Å². The monoisotopic (exact) mass is 327 g/mol. The normalized spacial score (nSPS) is 15.4. The first-order valence-electron chi connectivity index (χ1n) is 8.34. The van der Waals surface area contributed by atoms with Gasteiger partial charge in [0.15, 0.2) is 0 Å². The van der Waals surface area contributed by atoms with Crippen LogP contribution in [-0.4, -0.2) is 53.2 Å². The van der Waals surface area contributed by atoms with E-state index in [1.807, 2.05) is 38.9 Å². The number of hydrogen-bond donors (Lipinski definition) is 1. The minimum Gasteiger partial charge on any atom is -0.367 e. The predicted molar refractivity (Wildman–Crippen MR) is 96.7 cm³/mol. The van der Waals surface area contributed by atoms with Crippen molar-refractivity contribution in [3.8, 4) is 0 Å². The van der Waals surface area contributed by atoms with Gasteiger partial charge in [0.25, 0.3) is 0 Å². The minimum absolute atomic E-state index is 0.426. The Hall–Kier alpha value is -2.44. The molecule has 3 heterocycles. The maximum Gasteiger partial charge on any atom is 0.133 e. The number of piperidine rings is 1. The van der Waals surface area contributed by atoms with Crippen LogP contribution in [0.25, 0.3) is 0 Å². The molecule has 2 aromatic heterocycles. The number of nitrogens with zero attached hydrogens (tertiary/aromatic N) is 6. The minimum atomic E-state index is 0.426. The van der Waals surface area contributed by atoms with Gasteiger partial charge in [-0.15, -0.1) is 0 Å². The highest BCUT2D eigenvalue weighted by molar-refractivity contribution is 5.48. The van der Waals surface area contributed by atoms with E-state index in [9.17, 15) is 0 Å². The molecule has 7 heteroatoms. The topological polar surface area (TPSA) is 70.1 Å². The fraction of sp³-hybridized carbons (Fsp3) is 0.529. The van der Waals surface area contributed by atoms with Crippen LogP contribution in [0.5, 0.6) is 0 Å². The summed E-state index contributed by atoms with van der Waals surface area (Å²) in [6, 6.07) is 4.48. The van der Waals surface area contributed by atoms with Crippen molar-refractivity contribution in [2.45, 2.75) is 32.7 Å². The first kappa shape index (κ1) is 16.4. The highest BCUT2D eigenvalue weighted by atomic mass is 15.2. The molecule has 1 fully saturated rings. The first-order chi connectivity index (χ1) is 11.5. The van der Waals surface area contributed by atoms with Gasteiger partial charge in [-0.25, -0.2) is 19.9 Å². The largest absolute Gasteiger partial charge is 0.367 e. The fourth-order valence-electron chi connectivity index (χ4n) is 2.99. The van der Waals surface area contributed by atoms with Crippen molar-refractivity contribution >= 4 is 17.5 Å². The van der Waals surface area contributed by atoms with E-state index in [4.69, 9.17) is 0 Å². The van der Waals surface area contributed by atoms with Crippen LogP contribution in [0.2, 0.25) is 0 Å². The van der Waals surface area contributed by atoms with Gasteiger partial charge in [0, 0.05) is 51.1 Å². The van der Waals surface area contributed by atoms with E-state index in [0.29, 0.717) is 6.04 Å². The van der Waals surface area contributed by atoms with Gasteiger partial charge in [-0.3, -0.25) is 0 Å². The van der Waals surface area contributed by atoms with E-state index in [2.05, 4.69) is 36.2 Å². The summed E-state index contributed by atoms with van der Waals surface area (Å²) in [4.78, 5) is 21.8. The smallest absolute Gasteiger partial charge is 0.133 e. The van der Waals surface area contributed by atoms with E-state index >= 15 is 0 Å². The zero-order chi connectivity index (χ0) is 17.1. The zero-order valence-electron chi connectivity index (χ0n) is 14.8. The molecule has 0 spiro atoms. The third-order valence-corrected chi connectivity index (χ3v) is 4.23. The average Bonchev–Trinajstić information content (AvgIpc) is 2.55. The fourth-order valence-corrected chi connectivity index (χ4v) is 2.99. The summed E-state index contributed by atoms with van der Waals surface area (Å²) < 4.78 is 0. The van der Waals surface area contributed by atoms with Crippen LogP contribution in [0.15, 0.2) is 18.5 Å². The van der Waals surface area contributed by atoms with Crippen LogP contribution in [0.3, 0.4) is 0 Å². The Kier molecular flexibility index (Phi) is 4.78. The van der Waals surface area contributed by atoms with Crippen molar-refractivity contribution in [2.75, 3.05) is 42.3 Å². The standard InChI is InChI=1S/C17H25N7/c1-12-9-17(21-13(2)20-12)24-7-5-14(6-8-24)22-15-10-16(23(3)4)19-11-18-15/h9-11,14H,5-8H2,1-4H3,(H,18,19,22). The van der Waals surface area contributed by atoms with Gasteiger partial charge in [0.2, 0.25) is 0 Å². The molecule has 0 radical (unpaired) electrons. The maximum atomic E-state index is 4.57. The van der Waals surface area contributed by atoms with Crippen molar-refractivity contribution in [2.24, 2.45) is 0 Å². The molecule has 1 saturated heterocycles. The van der Waals surface area contributed by atoms with Gasteiger partial charge >= 0.3 is 0 Å². The van der Waals surface area contributed by atoms with E-state index in [1.165, 1.54) is 0 Å². The van der Waals surface area contributed by atoms with Crippen LogP contribution >= 0.6 is 0 Å². The lowest BCUT2D eigenvalue weighted by Crippen LogP contribution is -2.39. The van der Waals surface area contributed by atoms with E-state index < -0.39 is 0 Å². The molecule has 0 aliphatic carbocycles. The summed E-state index contributed by atoms with van der Waals surface area (Å²) in [5.41, 5.74) is 1.02. The van der Waals surface area contributed by atoms with Gasteiger partial charge in [-0.2, -0.15) is 0 Å². The highest BCUT2D eigenvalue weighted by Crippen LogP contribution is 2.21. The summed E-state index contributed by atoms with van der Waals surface area (Å²) in [6.45, 7) is 5.94. The molecule has 1 N–H and O–H groups in total. The number of rotatable bonds is 4. The van der Waals surface area contributed by atoms with Crippen LogP contribution in [-0.2, 0) is 0 Å². The summed E-state index contributed by atoms with van der Waals surface area (Å²) in [5.74, 6) is 3.68. The SMILES string of the molecule is Cc1cc(N2CCC(Nc3cc(N(C)C)ncn3)CC2)nc(C)n1. The second-order valence-corrected chi connectivity index (χ2v) is 6.48. The Morgan fingerprint density at radius 3 is 2.50 bits per heavy atom. The highest BCUT2D eigenvalue weighted by Gasteiger charge is 2.21. The van der Waals surface area contributed by atoms with Crippen molar-refractivity contribution in [3.63, 3.8) is 0 Å². The Morgan fingerprint density at radius 1 is 1.08 bits per heavy atom. The third kappa shape index (κ3) is 3.90. The van der Waals surface area contributed by atoms with E-state index in [1.54, 1.807) is 6.33 Å². The Morgan fingerprint density at radius 2 is 1.83 bits per heavy atom. The third-order valence-electron chi connectivity index (χ3n) is 4.23. The predicted octanol–water partition coefficient (Wildman–Crippen LogP) is 2.03. The first-order valence-corrected chi connectivity index (χ1v) is 8.34. The van der Waals surface area contributed by atoms with Crippen LogP contribution < -0.4 is 15.1 Å². The van der Waals surface area contributed by atoms with Gasteiger partial charge in [0.1, 0.15) is 29.6 Å². The van der Waals surface area contributed by atoms with Crippen molar-refractivity contribution in [1.82, 2.24) is 19.9 Å². The van der Waals surface area contributed by atoms with Crippen molar-refractivity contribution in [3.05, 3.63) is 30.0 Å². The lowest BCUT2D eigenvalue weighted by atomic mass is 10.0. The molecule has 0 saturated carbocycles. The van der Waals surface area contributed by atoms with Gasteiger partial charge in [-0.05, 0) is 26.7 Å². The molecule has 128 valence electrons. The second-order valence-electron chi connectivity index (χ2n) is 6.48. The molecule has 0 amide bonds. The quantitative estimate of drug-likeness (QED) is 0.921. The Bertz CT molecular complexity index is 673. The molecule has 0 bridgehead atoms. The summed E-state index contributed by atoms with van der Waals surface area (Å²) >= 11 is 0. The lowest BCUT2D eigenvalue weighted by Gasteiger charge is -2.33. The maximum absolute atomic E-state index is 4.57. The van der Waals surface area contributed by atoms with Gasteiger partial charge < -0.3 is 15.1 Å². The number of aromatic nitrogens is 4. The summed E-state index contributed by atoms with van der Waals surface area (Å²) in [6.07, 6.45) is 3.73. The Balaban J connectivity index is 1.60. The molecule has 1 aliphatic rings. The van der Waals surface area contributed by atoms with Crippen LogP contribution in [0, 0.1) is 13.8 Å². The molecule has 0 aromatic carbocycles. The molecule has 1 aliphatic heterocycles. The van der Waals surface area contributed by atoms with Gasteiger partial charge in [-0.1, -0.05) is 0 Å². The molecule has 0 unspecified atom stereocenters. The molecule has 7 nitrogen and oxygen atoms in total. The summed E-state index contributed by atoms with van der Waals surface area (Å²) in [5, 5.41) is 3.53. The molecular formula is C17H25N7. The van der Waals surface area contributed by atoms with Crippen molar-refractivity contribution in [1.29, 1.82) is 0 Å². The van der Waals surface area contributed by atoms with Crippen LogP contribution in [0.1, 0.15) is 24.4 Å². The zero-order valence-corrected chi connectivity index (χ0v) is 14.8. The number of nitrogens with one attached hydrogen (secondary N) is 1. The van der Waals surface area contributed by atoms with Gasteiger partial charge in [0.05, 0.1) is 0 Å². The molecule has 3 rings (SSSR count). The van der Waals surface area contributed by atoms with Crippen LogP contribution in [0.4, 0.5) is 17.5 Å². The lowest BCUT2D eigenvalue weighted by molar-refractivity contribution is 0.521. The summed E-state index contributed by atoms with van der Waals surface area (Å²) in [7, 11) is 3.96. The molecular weight excluding hydrogens is 302 g/mol. The van der Waals surface area contributed by atoms with Crippen molar-refractivity contribution < 1.29 is 0 Å². The van der Waals surface area contributed by atoms with E-state index in [-0.39, 0.29) is 0 Å². The molecule has 0 atom stereocenters. The van der Waals surface area contributed by atoms with E-state index in [0.717, 1.165) is 54.9 Å². The number of anilines is 3. The number of hydrogen-bond acceptors (Lipinski definition) is 7.